The average molecular weight is 281 g/mol. The van der Waals surface area contributed by atoms with Gasteiger partial charge in [0.2, 0.25) is 0 Å². The number of fused-ring (bicyclic) bond motifs is 1. The molecule has 1 aliphatic rings. The summed E-state index contributed by atoms with van der Waals surface area (Å²) in [6.45, 7) is 8.60. The fraction of sp³-hybridized carbons (Fsp3) is 0.421. The highest BCUT2D eigenvalue weighted by Crippen LogP contribution is 2.38. The summed E-state index contributed by atoms with van der Waals surface area (Å²) < 4.78 is 2.23. The van der Waals surface area contributed by atoms with Gasteiger partial charge in [-0.2, -0.15) is 0 Å². The second-order valence-electron chi connectivity index (χ2n) is 6.98. The van der Waals surface area contributed by atoms with Crippen molar-refractivity contribution in [2.45, 2.75) is 47.0 Å². The van der Waals surface area contributed by atoms with Crippen LogP contribution in [0.2, 0.25) is 0 Å². The van der Waals surface area contributed by atoms with E-state index in [2.05, 4.69) is 62.7 Å². The summed E-state index contributed by atoms with van der Waals surface area (Å²) in [5.74, 6) is 0.309. The number of nitrogens with zero attached hydrogens (tertiary/aromatic N) is 1. The number of ketones is 1. The van der Waals surface area contributed by atoms with Crippen LogP contribution < -0.4 is 0 Å². The van der Waals surface area contributed by atoms with Gasteiger partial charge in [-0.05, 0) is 42.9 Å². The lowest BCUT2D eigenvalue weighted by Gasteiger charge is -2.30. The minimum atomic E-state index is 0.0515. The summed E-state index contributed by atoms with van der Waals surface area (Å²) in [5, 5.41) is 0. The molecule has 110 valence electrons. The number of aromatic nitrogens is 1. The van der Waals surface area contributed by atoms with Crippen LogP contribution in [-0.4, -0.2) is 10.4 Å². The maximum atomic E-state index is 12.6. The minimum absolute atomic E-state index is 0.0515. The Morgan fingerprint density at radius 2 is 1.81 bits per heavy atom. The predicted octanol–water partition coefficient (Wildman–Crippen LogP) is 4.50. The summed E-state index contributed by atoms with van der Waals surface area (Å²) >= 11 is 0. The zero-order chi connectivity index (χ0) is 15.2. The van der Waals surface area contributed by atoms with Crippen molar-refractivity contribution in [2.75, 3.05) is 0 Å². The molecule has 2 aromatic rings. The Balaban J connectivity index is 2.19. The van der Waals surface area contributed by atoms with E-state index < -0.39 is 0 Å². The van der Waals surface area contributed by atoms with Crippen molar-refractivity contribution in [1.29, 1.82) is 0 Å². The van der Waals surface area contributed by atoms with Crippen molar-refractivity contribution in [1.82, 2.24) is 4.57 Å². The molecule has 0 unspecified atom stereocenters. The van der Waals surface area contributed by atoms with Crippen molar-refractivity contribution in [3.63, 3.8) is 0 Å². The van der Waals surface area contributed by atoms with Crippen molar-refractivity contribution in [3.8, 4) is 5.69 Å². The number of hydrogen-bond acceptors (Lipinski definition) is 1. The van der Waals surface area contributed by atoms with Crippen LogP contribution in [-0.2, 0) is 12.8 Å². The molecule has 0 aliphatic heterocycles. The molecule has 3 rings (SSSR count). The smallest absolute Gasteiger partial charge is 0.165 e. The van der Waals surface area contributed by atoms with Gasteiger partial charge in [0.05, 0.1) is 0 Å². The predicted molar refractivity (Wildman–Crippen MR) is 86.3 cm³/mol. The summed E-state index contributed by atoms with van der Waals surface area (Å²) in [6.07, 6.45) is 4.69. The Labute approximate surface area is 126 Å². The summed E-state index contributed by atoms with van der Waals surface area (Å²) in [6, 6.07) is 8.54. The molecule has 1 aromatic heterocycles. The van der Waals surface area contributed by atoms with Gasteiger partial charge in [-0.25, -0.2) is 0 Å². The SMILES string of the molecule is CCc1cn(-c2ccc(C)cc2)c2c1C(=O)CC(C)(C)C2. The first-order valence-electron chi connectivity index (χ1n) is 7.74. The fourth-order valence-corrected chi connectivity index (χ4v) is 3.36. The molecule has 0 spiro atoms. The third-order valence-electron chi connectivity index (χ3n) is 4.44. The molecular weight excluding hydrogens is 258 g/mol. The van der Waals surface area contributed by atoms with Crippen LogP contribution in [0.25, 0.3) is 5.69 Å². The van der Waals surface area contributed by atoms with Gasteiger partial charge in [0.1, 0.15) is 0 Å². The van der Waals surface area contributed by atoms with Gasteiger partial charge in [0.25, 0.3) is 0 Å². The summed E-state index contributed by atoms with van der Waals surface area (Å²) in [4.78, 5) is 12.6. The zero-order valence-electron chi connectivity index (χ0n) is 13.4. The topological polar surface area (TPSA) is 22.0 Å². The van der Waals surface area contributed by atoms with E-state index in [-0.39, 0.29) is 5.41 Å². The Morgan fingerprint density at radius 1 is 1.14 bits per heavy atom. The number of hydrogen-bond donors (Lipinski definition) is 0. The van der Waals surface area contributed by atoms with Crippen LogP contribution in [0.1, 0.15) is 54.4 Å². The number of aryl methyl sites for hydroxylation is 2. The molecule has 0 amide bonds. The normalized spacial score (nSPS) is 16.9. The Hall–Kier alpha value is -1.83. The lowest BCUT2D eigenvalue weighted by Crippen LogP contribution is -2.28. The summed E-state index contributed by atoms with van der Waals surface area (Å²) in [7, 11) is 0. The Kier molecular flexibility index (Phi) is 3.27. The standard InChI is InChI=1S/C19H23NO/c1-5-14-12-20(15-8-6-13(2)7-9-15)16-10-19(3,4)11-17(21)18(14)16/h6-9,12H,5,10-11H2,1-4H3. The molecular formula is C19H23NO. The first-order valence-corrected chi connectivity index (χ1v) is 7.74. The molecule has 1 aromatic carbocycles. The molecule has 21 heavy (non-hydrogen) atoms. The molecule has 1 aliphatic carbocycles. The van der Waals surface area contributed by atoms with Crippen molar-refractivity contribution < 1.29 is 4.79 Å². The molecule has 0 atom stereocenters. The zero-order valence-corrected chi connectivity index (χ0v) is 13.4. The minimum Gasteiger partial charge on any atom is -0.320 e. The van der Waals surface area contributed by atoms with Gasteiger partial charge >= 0.3 is 0 Å². The van der Waals surface area contributed by atoms with E-state index in [1.165, 1.54) is 16.8 Å². The first-order chi connectivity index (χ1) is 9.91. The van der Waals surface area contributed by atoms with Gasteiger partial charge in [-0.15, -0.1) is 0 Å². The third-order valence-corrected chi connectivity index (χ3v) is 4.44. The van der Waals surface area contributed by atoms with Crippen LogP contribution in [0.4, 0.5) is 0 Å². The van der Waals surface area contributed by atoms with Gasteiger partial charge in [-0.1, -0.05) is 38.5 Å². The Bertz CT molecular complexity index is 689. The van der Waals surface area contributed by atoms with E-state index in [1.54, 1.807) is 0 Å². The van der Waals surface area contributed by atoms with E-state index in [0.717, 1.165) is 24.1 Å². The van der Waals surface area contributed by atoms with Crippen molar-refractivity contribution in [3.05, 3.63) is 52.8 Å². The maximum absolute atomic E-state index is 12.6. The number of rotatable bonds is 2. The molecule has 0 N–H and O–H groups in total. The van der Waals surface area contributed by atoms with Crippen LogP contribution in [0.5, 0.6) is 0 Å². The fourth-order valence-electron chi connectivity index (χ4n) is 3.36. The quantitative estimate of drug-likeness (QED) is 0.794. The van der Waals surface area contributed by atoms with E-state index in [4.69, 9.17) is 0 Å². The van der Waals surface area contributed by atoms with E-state index in [1.807, 2.05) is 0 Å². The summed E-state index contributed by atoms with van der Waals surface area (Å²) in [5.41, 5.74) is 5.82. The van der Waals surface area contributed by atoms with Crippen molar-refractivity contribution >= 4 is 5.78 Å². The number of carbonyl (C=O) groups is 1. The molecule has 0 fully saturated rings. The van der Waals surface area contributed by atoms with Gasteiger partial charge in [-0.3, -0.25) is 4.79 Å². The van der Waals surface area contributed by atoms with Crippen LogP contribution in [0, 0.1) is 12.3 Å². The van der Waals surface area contributed by atoms with E-state index in [0.29, 0.717) is 12.2 Å². The molecule has 2 nitrogen and oxygen atoms in total. The average Bonchev–Trinajstić information content (AvgIpc) is 2.77. The lowest BCUT2D eigenvalue weighted by atomic mass is 9.75. The van der Waals surface area contributed by atoms with E-state index in [9.17, 15) is 4.79 Å². The van der Waals surface area contributed by atoms with Crippen LogP contribution in [0.15, 0.2) is 30.5 Å². The highest BCUT2D eigenvalue weighted by atomic mass is 16.1. The third kappa shape index (κ3) is 2.44. The molecule has 2 heteroatoms. The monoisotopic (exact) mass is 281 g/mol. The van der Waals surface area contributed by atoms with Gasteiger partial charge < -0.3 is 4.57 Å². The second-order valence-corrected chi connectivity index (χ2v) is 6.98. The number of Topliss-reactive ketones (excluding diaryl/α,β-unsaturated/α-hetero) is 1. The largest absolute Gasteiger partial charge is 0.320 e. The first kappa shape index (κ1) is 14.1. The molecule has 0 radical (unpaired) electrons. The van der Waals surface area contributed by atoms with Crippen LogP contribution in [0.3, 0.4) is 0 Å². The van der Waals surface area contributed by atoms with Gasteiger partial charge in [0, 0.05) is 29.6 Å². The van der Waals surface area contributed by atoms with Crippen LogP contribution >= 0.6 is 0 Å². The molecule has 1 heterocycles. The van der Waals surface area contributed by atoms with E-state index >= 15 is 0 Å². The maximum Gasteiger partial charge on any atom is 0.165 e. The van der Waals surface area contributed by atoms with Gasteiger partial charge in [0.15, 0.2) is 5.78 Å². The highest BCUT2D eigenvalue weighted by molar-refractivity contribution is 6.00. The Morgan fingerprint density at radius 3 is 2.43 bits per heavy atom. The second kappa shape index (κ2) is 4.87. The highest BCUT2D eigenvalue weighted by Gasteiger charge is 2.35. The molecule has 0 saturated carbocycles. The number of benzene rings is 1. The molecule has 0 bridgehead atoms. The number of carbonyl (C=O) groups excluding carboxylic acids is 1. The molecule has 0 saturated heterocycles. The van der Waals surface area contributed by atoms with Crippen molar-refractivity contribution in [2.24, 2.45) is 5.41 Å². The lowest BCUT2D eigenvalue weighted by molar-refractivity contribution is 0.0910.